The number of aryl methyl sites for hydroxylation is 1. The molecule has 5 rings (SSSR count). The summed E-state index contributed by atoms with van der Waals surface area (Å²) in [6.07, 6.45) is 0. The van der Waals surface area contributed by atoms with Crippen LogP contribution >= 0.6 is 0 Å². The van der Waals surface area contributed by atoms with E-state index < -0.39 is 68.8 Å². The quantitative estimate of drug-likeness (QED) is 0.0881. The molecule has 3 aromatic carbocycles. The monoisotopic (exact) mass is 496 g/mol. The van der Waals surface area contributed by atoms with Crippen molar-refractivity contribution >= 4 is 22.5 Å². The maximum atomic E-state index is 15.3. The van der Waals surface area contributed by atoms with E-state index >= 15 is 4.39 Å². The van der Waals surface area contributed by atoms with E-state index in [4.69, 9.17) is 9.15 Å². The molecule has 1 N–H and O–H groups in total. The number of ketones is 1. The summed E-state index contributed by atoms with van der Waals surface area (Å²) in [6.45, 7) is 2.67. The first kappa shape index (κ1) is 23.3. The Kier molecular flexibility index (Phi) is 5.43. The standard InChI is InChI=1S/C27H16F4O5/c1-11-7-3-4-8-13(11)24(33)16(12(2)32)17-18-20(28)21(29)22(30)23(31)26(18)36-25-14-9-5-6-10-15(14)35-27(34)19(17)25/h3-10,17,33H,1-2H3/b24-16-. The van der Waals surface area contributed by atoms with Crippen molar-refractivity contribution < 1.29 is 36.6 Å². The van der Waals surface area contributed by atoms with Crippen LogP contribution in [0.5, 0.6) is 11.5 Å². The Labute approximate surface area is 200 Å². The van der Waals surface area contributed by atoms with Gasteiger partial charge < -0.3 is 14.3 Å². The summed E-state index contributed by atoms with van der Waals surface area (Å²) >= 11 is 0. The van der Waals surface area contributed by atoms with E-state index in [9.17, 15) is 27.9 Å². The SMILES string of the molecule is CC(=O)/C(=C(/O)c1ccccc1C)C1c2c(F)c(F)c(F)c(F)c2Oc2c1c(=O)oc1ccccc21. The lowest BCUT2D eigenvalue weighted by Gasteiger charge is -2.30. The van der Waals surface area contributed by atoms with Crippen molar-refractivity contribution in [1.82, 2.24) is 0 Å². The number of aliphatic hydroxyl groups is 1. The third kappa shape index (κ3) is 3.30. The van der Waals surface area contributed by atoms with Crippen LogP contribution in [0.3, 0.4) is 0 Å². The molecule has 36 heavy (non-hydrogen) atoms. The summed E-state index contributed by atoms with van der Waals surface area (Å²) in [7, 11) is 0. The summed E-state index contributed by atoms with van der Waals surface area (Å²) in [6, 6.07) is 12.3. The first-order valence-corrected chi connectivity index (χ1v) is 10.7. The molecular formula is C27H16F4O5. The van der Waals surface area contributed by atoms with Crippen molar-refractivity contribution in [2.45, 2.75) is 19.8 Å². The van der Waals surface area contributed by atoms with E-state index in [0.717, 1.165) is 6.92 Å². The maximum Gasteiger partial charge on any atom is 0.344 e. The fraction of sp³-hybridized carbons (Fsp3) is 0.111. The molecule has 0 amide bonds. The van der Waals surface area contributed by atoms with Gasteiger partial charge in [-0.25, -0.2) is 18.0 Å². The lowest BCUT2D eigenvalue weighted by molar-refractivity contribution is -0.113. The largest absolute Gasteiger partial charge is 0.507 e. The minimum absolute atomic E-state index is 0.0170. The second-order valence-electron chi connectivity index (χ2n) is 8.30. The molecule has 1 aliphatic heterocycles. The number of fused-ring (bicyclic) bond motifs is 4. The van der Waals surface area contributed by atoms with E-state index in [0.29, 0.717) is 5.56 Å². The van der Waals surface area contributed by atoms with E-state index in [1.807, 2.05) is 0 Å². The number of benzene rings is 3. The first-order valence-electron chi connectivity index (χ1n) is 10.7. The second kappa shape index (κ2) is 8.37. The van der Waals surface area contributed by atoms with Gasteiger partial charge in [0, 0.05) is 16.7 Å². The Morgan fingerprint density at radius 1 is 0.861 bits per heavy atom. The first-order chi connectivity index (χ1) is 17.1. The van der Waals surface area contributed by atoms with Crippen LogP contribution in [0.1, 0.15) is 35.1 Å². The van der Waals surface area contributed by atoms with Gasteiger partial charge in [0.05, 0.1) is 16.9 Å². The summed E-state index contributed by atoms with van der Waals surface area (Å²) in [5.74, 6) is -12.8. The van der Waals surface area contributed by atoms with E-state index in [1.54, 1.807) is 37.3 Å². The maximum absolute atomic E-state index is 15.3. The number of Topliss-reactive ketones (excluding diaryl/α,β-unsaturated/α-hetero) is 1. The molecule has 0 aliphatic carbocycles. The Morgan fingerprint density at radius 2 is 1.50 bits per heavy atom. The molecule has 1 atom stereocenters. The number of carbonyl (C=O) groups is 1. The highest BCUT2D eigenvalue weighted by molar-refractivity contribution is 6.03. The number of para-hydroxylation sites is 1. The molecule has 5 nitrogen and oxygen atoms in total. The third-order valence-corrected chi connectivity index (χ3v) is 6.16. The van der Waals surface area contributed by atoms with Crippen molar-refractivity contribution in [2.75, 3.05) is 0 Å². The molecule has 4 aromatic rings. The number of aliphatic hydroxyl groups excluding tert-OH is 1. The number of allylic oxidation sites excluding steroid dienone is 1. The predicted molar refractivity (Wildman–Crippen MR) is 122 cm³/mol. The van der Waals surface area contributed by atoms with Gasteiger partial charge in [0.15, 0.2) is 23.2 Å². The summed E-state index contributed by atoms with van der Waals surface area (Å²) in [4.78, 5) is 26.1. The van der Waals surface area contributed by atoms with Crippen LogP contribution in [0.2, 0.25) is 0 Å². The highest BCUT2D eigenvalue weighted by Gasteiger charge is 2.44. The molecular weight excluding hydrogens is 480 g/mol. The number of carbonyl (C=O) groups excluding carboxylic acids is 1. The average Bonchev–Trinajstić information content (AvgIpc) is 2.85. The zero-order valence-electron chi connectivity index (χ0n) is 18.8. The molecule has 0 saturated carbocycles. The number of hydrogen-bond donors (Lipinski definition) is 1. The average molecular weight is 496 g/mol. The second-order valence-corrected chi connectivity index (χ2v) is 8.30. The molecule has 1 aliphatic rings. The van der Waals surface area contributed by atoms with Crippen LogP contribution in [0.4, 0.5) is 17.6 Å². The van der Waals surface area contributed by atoms with Crippen LogP contribution < -0.4 is 10.4 Å². The van der Waals surface area contributed by atoms with E-state index in [1.165, 1.54) is 18.2 Å². The molecule has 0 radical (unpaired) electrons. The minimum Gasteiger partial charge on any atom is -0.507 e. The zero-order valence-corrected chi connectivity index (χ0v) is 18.8. The topological polar surface area (TPSA) is 76.7 Å². The van der Waals surface area contributed by atoms with Crippen molar-refractivity contribution in [3.8, 4) is 11.5 Å². The van der Waals surface area contributed by atoms with Gasteiger partial charge in [-0.3, -0.25) is 4.79 Å². The highest BCUT2D eigenvalue weighted by atomic mass is 19.2. The molecule has 9 heteroatoms. The van der Waals surface area contributed by atoms with Crippen LogP contribution in [0.15, 0.2) is 63.3 Å². The van der Waals surface area contributed by atoms with Crippen LogP contribution in [0, 0.1) is 30.2 Å². The molecule has 1 aromatic heterocycles. The highest BCUT2D eigenvalue weighted by Crippen LogP contribution is 2.52. The fourth-order valence-corrected chi connectivity index (χ4v) is 4.51. The third-order valence-electron chi connectivity index (χ3n) is 6.16. The normalized spacial score (nSPS) is 15.1. The van der Waals surface area contributed by atoms with Gasteiger partial charge in [-0.1, -0.05) is 36.4 Å². The Hall–Kier alpha value is -4.40. The van der Waals surface area contributed by atoms with Gasteiger partial charge >= 0.3 is 5.63 Å². The van der Waals surface area contributed by atoms with Gasteiger partial charge in [-0.2, -0.15) is 4.39 Å². The van der Waals surface area contributed by atoms with Crippen LogP contribution in [0.25, 0.3) is 16.7 Å². The lowest BCUT2D eigenvalue weighted by atomic mass is 9.79. The van der Waals surface area contributed by atoms with Gasteiger partial charge in [0.1, 0.15) is 17.1 Å². The van der Waals surface area contributed by atoms with Gasteiger partial charge in [-0.15, -0.1) is 0 Å². The number of rotatable bonds is 3. The van der Waals surface area contributed by atoms with Crippen molar-refractivity contribution in [2.24, 2.45) is 0 Å². The molecule has 0 bridgehead atoms. The molecule has 0 spiro atoms. The van der Waals surface area contributed by atoms with Crippen LogP contribution in [-0.4, -0.2) is 10.9 Å². The molecule has 0 saturated heterocycles. The Morgan fingerprint density at radius 3 is 2.19 bits per heavy atom. The fourth-order valence-electron chi connectivity index (χ4n) is 4.51. The van der Waals surface area contributed by atoms with Gasteiger partial charge in [-0.05, 0) is 31.5 Å². The van der Waals surface area contributed by atoms with Gasteiger partial charge in [0.2, 0.25) is 11.6 Å². The Balaban J connectivity index is 1.98. The van der Waals surface area contributed by atoms with Crippen molar-refractivity contribution in [3.63, 3.8) is 0 Å². The predicted octanol–water partition coefficient (Wildman–Crippen LogP) is 6.45. The van der Waals surface area contributed by atoms with Crippen LogP contribution in [-0.2, 0) is 4.79 Å². The number of halogens is 4. The minimum atomic E-state index is -2.16. The number of ether oxygens (including phenoxy) is 1. The summed E-state index contributed by atoms with van der Waals surface area (Å²) < 4.78 is 69.7. The van der Waals surface area contributed by atoms with E-state index in [2.05, 4.69) is 0 Å². The summed E-state index contributed by atoms with van der Waals surface area (Å²) in [5.41, 5.74) is -2.39. The lowest BCUT2D eigenvalue weighted by Crippen LogP contribution is -2.26. The Bertz CT molecular complexity index is 1690. The molecule has 1 unspecified atom stereocenters. The molecule has 182 valence electrons. The van der Waals surface area contributed by atoms with Crippen molar-refractivity contribution in [1.29, 1.82) is 0 Å². The number of hydrogen-bond acceptors (Lipinski definition) is 5. The molecule has 2 heterocycles. The van der Waals surface area contributed by atoms with Gasteiger partial charge in [0.25, 0.3) is 0 Å². The van der Waals surface area contributed by atoms with E-state index in [-0.39, 0.29) is 22.3 Å². The van der Waals surface area contributed by atoms with Crippen molar-refractivity contribution in [3.05, 3.63) is 110 Å². The zero-order chi connectivity index (χ0) is 25.9. The smallest absolute Gasteiger partial charge is 0.344 e. The summed E-state index contributed by atoms with van der Waals surface area (Å²) in [5, 5.41) is 11.4. The molecule has 0 fully saturated rings.